The normalized spacial score (nSPS) is 9.29. The highest BCUT2D eigenvalue weighted by Gasteiger charge is 1.76. The molecule has 0 atom stereocenters. The molecule has 1 nitrogen and oxygen atoms in total. The molecule has 1 N–H and O–H groups in total. The van der Waals surface area contributed by atoms with Crippen molar-refractivity contribution in [1.29, 1.82) is 0 Å². The summed E-state index contributed by atoms with van der Waals surface area (Å²) in [7, 11) is 1.33. The maximum absolute atomic E-state index is 4.67. The molecular weight excluding hydrogens is 126 g/mol. The fraction of sp³-hybridized carbons (Fsp3) is 0. The number of hydrogen-bond acceptors (Lipinski definition) is 2. The van der Waals surface area contributed by atoms with Gasteiger partial charge in [-0.15, -0.1) is 0 Å². The van der Waals surface area contributed by atoms with E-state index in [9.17, 15) is 0 Å². The van der Waals surface area contributed by atoms with Gasteiger partial charge in [0.2, 0.25) is 0 Å². The fourth-order valence-corrected chi connectivity index (χ4v) is 0.911. The lowest BCUT2D eigenvalue weighted by molar-refractivity contribution is 1.38. The Balaban J connectivity index is 2.76. The van der Waals surface area contributed by atoms with Gasteiger partial charge in [0.05, 0.1) is 0 Å². The molecule has 0 aliphatic heterocycles. The molecular formula is C4H4NS2-. The highest BCUT2D eigenvalue weighted by molar-refractivity contribution is 8.59. The third-order valence-corrected chi connectivity index (χ3v) is 1.69. The van der Waals surface area contributed by atoms with Crippen LogP contribution in [0.3, 0.4) is 0 Å². The van der Waals surface area contributed by atoms with Crippen molar-refractivity contribution in [2.45, 2.75) is 4.90 Å². The minimum atomic E-state index is 1.11. The second-order valence-corrected chi connectivity index (χ2v) is 2.27. The SMILES string of the molecule is [S-]Sc1cc[nH]c1. The van der Waals surface area contributed by atoms with Gasteiger partial charge in [0.1, 0.15) is 0 Å². The quantitative estimate of drug-likeness (QED) is 0.458. The molecule has 0 unspecified atom stereocenters. The number of nitrogens with one attached hydrogen (secondary N) is 1. The Labute approximate surface area is 51.3 Å². The first-order valence-electron chi connectivity index (χ1n) is 1.86. The van der Waals surface area contributed by atoms with Crippen LogP contribution < -0.4 is 0 Å². The first-order chi connectivity index (χ1) is 3.43. The van der Waals surface area contributed by atoms with E-state index in [1.54, 1.807) is 0 Å². The molecule has 1 aromatic heterocycles. The number of aromatic nitrogens is 1. The Hall–Kier alpha value is -0.0200. The molecule has 0 aliphatic rings. The zero-order chi connectivity index (χ0) is 5.11. The molecule has 0 amide bonds. The molecule has 7 heavy (non-hydrogen) atoms. The predicted molar refractivity (Wildman–Crippen MR) is 34.0 cm³/mol. The Morgan fingerprint density at radius 3 is 2.86 bits per heavy atom. The van der Waals surface area contributed by atoms with Gasteiger partial charge in [0.25, 0.3) is 0 Å². The van der Waals surface area contributed by atoms with E-state index in [1.807, 2.05) is 18.5 Å². The molecule has 1 rings (SSSR count). The zero-order valence-electron chi connectivity index (χ0n) is 3.55. The van der Waals surface area contributed by atoms with E-state index in [-0.39, 0.29) is 0 Å². The summed E-state index contributed by atoms with van der Waals surface area (Å²) in [4.78, 5) is 4.00. The van der Waals surface area contributed by atoms with Crippen molar-refractivity contribution in [2.75, 3.05) is 0 Å². The van der Waals surface area contributed by atoms with Crippen LogP contribution in [0, 0.1) is 0 Å². The summed E-state index contributed by atoms with van der Waals surface area (Å²) in [5.41, 5.74) is 0. The zero-order valence-corrected chi connectivity index (χ0v) is 5.18. The van der Waals surface area contributed by atoms with Crippen molar-refractivity contribution in [3.8, 4) is 0 Å². The summed E-state index contributed by atoms with van der Waals surface area (Å²) in [6.45, 7) is 0. The van der Waals surface area contributed by atoms with Gasteiger partial charge < -0.3 is 16.6 Å². The largest absolute Gasteiger partial charge is 0.714 e. The molecule has 1 heterocycles. The summed E-state index contributed by atoms with van der Waals surface area (Å²) in [5.74, 6) is 0. The molecule has 0 aliphatic carbocycles. The van der Waals surface area contributed by atoms with Crippen molar-refractivity contribution in [3.63, 3.8) is 0 Å². The van der Waals surface area contributed by atoms with Gasteiger partial charge in [-0.05, 0) is 11.0 Å². The Bertz CT molecular complexity index is 124. The van der Waals surface area contributed by atoms with Crippen LogP contribution in [0.2, 0.25) is 0 Å². The minimum absolute atomic E-state index is 1.11. The van der Waals surface area contributed by atoms with E-state index in [0.717, 1.165) is 4.90 Å². The molecule has 0 fully saturated rings. The van der Waals surface area contributed by atoms with Crippen molar-refractivity contribution >= 4 is 22.5 Å². The lowest BCUT2D eigenvalue weighted by Gasteiger charge is -1.96. The van der Waals surface area contributed by atoms with E-state index in [1.165, 1.54) is 10.8 Å². The van der Waals surface area contributed by atoms with Gasteiger partial charge in [-0.2, -0.15) is 0 Å². The lowest BCUT2D eigenvalue weighted by atomic mass is 10.7. The highest BCUT2D eigenvalue weighted by Crippen LogP contribution is 2.11. The van der Waals surface area contributed by atoms with Crippen LogP contribution in [-0.4, -0.2) is 4.98 Å². The van der Waals surface area contributed by atoms with Crippen molar-refractivity contribution in [1.82, 2.24) is 4.98 Å². The van der Waals surface area contributed by atoms with Gasteiger partial charge in [0, 0.05) is 12.4 Å². The molecule has 0 saturated carbocycles. The van der Waals surface area contributed by atoms with Gasteiger partial charge in [-0.3, -0.25) is 10.8 Å². The van der Waals surface area contributed by atoms with Crippen molar-refractivity contribution in [2.24, 2.45) is 0 Å². The van der Waals surface area contributed by atoms with Crippen LogP contribution in [0.5, 0.6) is 0 Å². The second kappa shape index (κ2) is 2.33. The first-order valence-corrected chi connectivity index (χ1v) is 3.60. The maximum atomic E-state index is 4.67. The molecule has 0 radical (unpaired) electrons. The van der Waals surface area contributed by atoms with Crippen molar-refractivity contribution in [3.05, 3.63) is 18.5 Å². The Morgan fingerprint density at radius 2 is 2.57 bits per heavy atom. The average Bonchev–Trinajstić information content (AvgIpc) is 2.14. The van der Waals surface area contributed by atoms with Crippen LogP contribution in [0.25, 0.3) is 0 Å². The Kier molecular flexibility index (Phi) is 1.70. The van der Waals surface area contributed by atoms with E-state index in [4.69, 9.17) is 0 Å². The molecule has 0 saturated heterocycles. The molecule has 0 aromatic carbocycles. The molecule has 38 valence electrons. The lowest BCUT2D eigenvalue weighted by Crippen LogP contribution is -1.50. The summed E-state index contributed by atoms with van der Waals surface area (Å²) < 4.78 is 0. The fourth-order valence-electron chi connectivity index (χ4n) is 0.360. The van der Waals surface area contributed by atoms with E-state index < -0.39 is 0 Å². The van der Waals surface area contributed by atoms with Crippen LogP contribution in [-0.2, 0) is 11.7 Å². The van der Waals surface area contributed by atoms with Crippen molar-refractivity contribution < 1.29 is 0 Å². The van der Waals surface area contributed by atoms with Gasteiger partial charge in [-0.25, -0.2) is 0 Å². The smallest absolute Gasteiger partial charge is 0.0124 e. The van der Waals surface area contributed by atoms with E-state index in [0.29, 0.717) is 0 Å². The van der Waals surface area contributed by atoms with Crippen LogP contribution >= 0.6 is 10.8 Å². The summed E-state index contributed by atoms with van der Waals surface area (Å²) in [5, 5.41) is 0. The molecule has 3 heteroatoms. The monoisotopic (exact) mass is 130 g/mol. The Morgan fingerprint density at radius 1 is 1.71 bits per heavy atom. The summed E-state index contributed by atoms with van der Waals surface area (Å²) in [6.07, 6.45) is 3.73. The van der Waals surface area contributed by atoms with Gasteiger partial charge >= 0.3 is 0 Å². The number of aromatic amines is 1. The van der Waals surface area contributed by atoms with Crippen LogP contribution in [0.4, 0.5) is 0 Å². The highest BCUT2D eigenvalue weighted by atomic mass is 33.1. The van der Waals surface area contributed by atoms with Crippen LogP contribution in [0.1, 0.15) is 0 Å². The number of H-pyrrole nitrogens is 1. The number of hydrogen-bond donors (Lipinski definition) is 1. The first kappa shape index (κ1) is 5.12. The molecule has 1 aromatic rings. The van der Waals surface area contributed by atoms with E-state index in [2.05, 4.69) is 16.6 Å². The molecule has 0 bridgehead atoms. The topological polar surface area (TPSA) is 15.8 Å². The molecule has 0 spiro atoms. The summed E-state index contributed by atoms with van der Waals surface area (Å²) >= 11 is 4.67. The number of rotatable bonds is 1. The summed E-state index contributed by atoms with van der Waals surface area (Å²) in [6, 6.07) is 1.94. The van der Waals surface area contributed by atoms with Gasteiger partial charge in [-0.1, -0.05) is 0 Å². The second-order valence-electron chi connectivity index (χ2n) is 1.13. The maximum Gasteiger partial charge on any atom is 0.0124 e. The van der Waals surface area contributed by atoms with E-state index >= 15 is 0 Å². The van der Waals surface area contributed by atoms with Crippen LogP contribution in [0.15, 0.2) is 23.4 Å². The standard InChI is InChI=1S/C4H5NS2/c6-7-4-1-2-5-3-4/h1-3,5-6H/p-1. The third-order valence-electron chi connectivity index (χ3n) is 0.666. The third kappa shape index (κ3) is 1.17. The average molecular weight is 130 g/mol. The minimum Gasteiger partial charge on any atom is -0.714 e. The van der Waals surface area contributed by atoms with Gasteiger partial charge in [0.15, 0.2) is 0 Å². The predicted octanol–water partition coefficient (Wildman–Crippen LogP) is 1.57.